The number of hydrogen-bond acceptors (Lipinski definition) is 5. The van der Waals surface area contributed by atoms with Crippen LogP contribution in [0.4, 0.5) is 0 Å². The first-order valence-corrected chi connectivity index (χ1v) is 15.2. The molecule has 0 saturated heterocycles. The van der Waals surface area contributed by atoms with Crippen LogP contribution in [-0.4, -0.2) is 35.3 Å². The van der Waals surface area contributed by atoms with Crippen LogP contribution in [0.25, 0.3) is 0 Å². The Morgan fingerprint density at radius 3 is 1.27 bits per heavy atom. The largest absolute Gasteiger partial charge is 1.00 e. The summed E-state index contributed by atoms with van der Waals surface area (Å²) < 4.78 is 0. The number of carboxylic acids is 1. The monoisotopic (exact) mass is 532 g/mol. The normalized spacial score (nSPS) is 11.6. The molecule has 0 saturated carbocycles. The van der Waals surface area contributed by atoms with Crippen LogP contribution in [0.5, 0.6) is 0 Å². The van der Waals surface area contributed by atoms with Crippen molar-refractivity contribution >= 4 is 17.8 Å². The minimum Gasteiger partial charge on any atom is -0.548 e. The number of aliphatic carboxylic acids is 1. The SMILES string of the molecule is CCCCCCCCCCCC(=O)N(C(=O)CCCCCCCCCCC)[C@@H](CCCCN)C(=O)[O-].[Na+]. The van der Waals surface area contributed by atoms with E-state index in [2.05, 4.69) is 13.8 Å². The maximum Gasteiger partial charge on any atom is 1.00 e. The fourth-order valence-corrected chi connectivity index (χ4v) is 4.74. The summed E-state index contributed by atoms with van der Waals surface area (Å²) in [7, 11) is 0. The van der Waals surface area contributed by atoms with Crippen LogP contribution in [0, 0.1) is 0 Å². The van der Waals surface area contributed by atoms with E-state index in [0.29, 0.717) is 32.2 Å². The van der Waals surface area contributed by atoms with Crippen molar-refractivity contribution in [2.45, 2.75) is 168 Å². The fraction of sp³-hybridized carbons (Fsp3) is 0.900. The average molecular weight is 533 g/mol. The van der Waals surface area contributed by atoms with Crippen molar-refractivity contribution < 1.29 is 49.0 Å². The molecule has 0 unspecified atom stereocenters. The minimum atomic E-state index is -1.34. The first-order valence-electron chi connectivity index (χ1n) is 15.2. The zero-order valence-electron chi connectivity index (χ0n) is 24.7. The zero-order valence-corrected chi connectivity index (χ0v) is 26.7. The second-order valence-electron chi connectivity index (χ2n) is 10.4. The number of amides is 2. The second-order valence-corrected chi connectivity index (χ2v) is 10.4. The first kappa shape index (κ1) is 38.7. The summed E-state index contributed by atoms with van der Waals surface area (Å²) in [6.07, 6.45) is 22.3. The van der Waals surface area contributed by atoms with Crippen LogP contribution in [0.3, 0.4) is 0 Å². The van der Waals surface area contributed by atoms with Crippen molar-refractivity contribution in [3.8, 4) is 0 Å². The van der Waals surface area contributed by atoms with Crippen molar-refractivity contribution in [2.75, 3.05) is 6.54 Å². The predicted octanol–water partition coefficient (Wildman–Crippen LogP) is 3.43. The van der Waals surface area contributed by atoms with E-state index >= 15 is 0 Å². The summed E-state index contributed by atoms with van der Waals surface area (Å²) in [6.45, 7) is 4.88. The molecule has 0 radical (unpaired) electrons. The number of unbranched alkanes of at least 4 members (excludes halogenated alkanes) is 17. The number of carbonyl (C=O) groups is 3. The molecule has 0 aromatic heterocycles. The topological polar surface area (TPSA) is 104 Å². The first-order chi connectivity index (χ1) is 17.5. The van der Waals surface area contributed by atoms with Gasteiger partial charge >= 0.3 is 29.6 Å². The number of carbonyl (C=O) groups excluding carboxylic acids is 3. The maximum atomic E-state index is 13.0. The summed E-state index contributed by atoms with van der Waals surface area (Å²) >= 11 is 0. The van der Waals surface area contributed by atoms with Gasteiger partial charge in [-0.15, -0.1) is 0 Å². The van der Waals surface area contributed by atoms with Crippen LogP contribution in [0.2, 0.25) is 0 Å². The third kappa shape index (κ3) is 22.1. The van der Waals surface area contributed by atoms with Gasteiger partial charge in [0.25, 0.3) is 0 Å². The number of nitrogens with two attached hydrogens (primary N) is 1. The molecule has 0 bridgehead atoms. The number of rotatable bonds is 26. The summed E-state index contributed by atoms with van der Waals surface area (Å²) in [5.41, 5.74) is 5.56. The van der Waals surface area contributed by atoms with E-state index in [4.69, 9.17) is 5.73 Å². The summed E-state index contributed by atoms with van der Waals surface area (Å²) in [6, 6.07) is -1.19. The molecule has 7 heteroatoms. The average Bonchev–Trinajstić information content (AvgIpc) is 2.86. The molecule has 0 aromatic rings. The molecule has 37 heavy (non-hydrogen) atoms. The molecule has 0 heterocycles. The van der Waals surface area contributed by atoms with Crippen molar-refractivity contribution in [3.63, 3.8) is 0 Å². The van der Waals surface area contributed by atoms with Crippen molar-refractivity contribution in [2.24, 2.45) is 5.73 Å². The van der Waals surface area contributed by atoms with E-state index in [1.165, 1.54) is 77.0 Å². The smallest absolute Gasteiger partial charge is 0.548 e. The third-order valence-electron chi connectivity index (χ3n) is 7.04. The molecule has 0 aliphatic rings. The molecule has 6 nitrogen and oxygen atoms in total. The standard InChI is InChI=1S/C30H58N2O4.Na/c1-3-5-7-9-11-13-15-17-19-24-28(33)32(27(30(35)36)23-21-22-26-31)29(34)25-20-18-16-14-12-10-8-6-4-2;/h27H,3-26,31H2,1-2H3,(H,35,36);/q;+1/p-1/t27-;/m0./s1. The van der Waals surface area contributed by atoms with Crippen molar-refractivity contribution in [1.29, 1.82) is 0 Å². The Bertz CT molecular complexity index is 526. The van der Waals surface area contributed by atoms with Gasteiger partial charge in [0.15, 0.2) is 0 Å². The predicted molar refractivity (Wildman–Crippen MR) is 147 cm³/mol. The molecular weight excluding hydrogens is 475 g/mol. The Hall–Kier alpha value is -0.430. The van der Waals surface area contributed by atoms with Gasteiger partial charge in [0, 0.05) is 12.8 Å². The molecule has 2 N–H and O–H groups in total. The van der Waals surface area contributed by atoms with Gasteiger partial charge in [-0.3, -0.25) is 14.5 Å². The minimum absolute atomic E-state index is 0. The summed E-state index contributed by atoms with van der Waals surface area (Å²) in [5.74, 6) is -2.06. The third-order valence-corrected chi connectivity index (χ3v) is 7.04. The second kappa shape index (κ2) is 28.6. The zero-order chi connectivity index (χ0) is 26.9. The Morgan fingerprint density at radius 2 is 0.946 bits per heavy atom. The number of imide groups is 1. The summed E-state index contributed by atoms with van der Waals surface area (Å²) in [5, 5.41) is 11.9. The molecule has 0 fully saturated rings. The molecule has 0 aromatic carbocycles. The van der Waals surface area contributed by atoms with Crippen LogP contribution in [0.1, 0.15) is 162 Å². The maximum absolute atomic E-state index is 13.0. The van der Waals surface area contributed by atoms with E-state index in [9.17, 15) is 19.5 Å². The van der Waals surface area contributed by atoms with Gasteiger partial charge < -0.3 is 15.6 Å². The Labute approximate surface area is 250 Å². The van der Waals surface area contributed by atoms with Crippen LogP contribution in [-0.2, 0) is 14.4 Å². The van der Waals surface area contributed by atoms with Gasteiger partial charge in [-0.25, -0.2) is 0 Å². The quantitative estimate of drug-likeness (QED) is 0.136. The fourth-order valence-electron chi connectivity index (χ4n) is 4.74. The van der Waals surface area contributed by atoms with E-state index in [1.54, 1.807) is 0 Å². The molecule has 0 rings (SSSR count). The Kier molecular flexibility index (Phi) is 29.9. The molecule has 2 amide bonds. The molecule has 0 aliphatic carbocycles. The molecule has 0 aliphatic heterocycles. The molecule has 0 spiro atoms. The van der Waals surface area contributed by atoms with Gasteiger partial charge in [-0.2, -0.15) is 0 Å². The van der Waals surface area contributed by atoms with Crippen LogP contribution in [0.15, 0.2) is 0 Å². The van der Waals surface area contributed by atoms with E-state index in [-0.39, 0.29) is 60.6 Å². The molecule has 1 atom stereocenters. The molecule has 212 valence electrons. The van der Waals surface area contributed by atoms with E-state index < -0.39 is 12.0 Å². The van der Waals surface area contributed by atoms with Gasteiger partial charge in [0.2, 0.25) is 11.8 Å². The van der Waals surface area contributed by atoms with Crippen molar-refractivity contribution in [1.82, 2.24) is 4.90 Å². The molecular formula is C30H57N2NaO4. The van der Waals surface area contributed by atoms with Gasteiger partial charge in [0.05, 0.1) is 12.0 Å². The van der Waals surface area contributed by atoms with Gasteiger partial charge in [0.1, 0.15) is 0 Å². The number of nitrogens with zero attached hydrogens (tertiary/aromatic N) is 1. The summed E-state index contributed by atoms with van der Waals surface area (Å²) in [4.78, 5) is 39.0. The van der Waals surface area contributed by atoms with Crippen LogP contribution < -0.4 is 40.4 Å². The van der Waals surface area contributed by atoms with Crippen molar-refractivity contribution in [3.05, 3.63) is 0 Å². The van der Waals surface area contributed by atoms with Gasteiger partial charge in [-0.05, 0) is 38.6 Å². The van der Waals surface area contributed by atoms with Gasteiger partial charge in [-0.1, -0.05) is 117 Å². The Balaban J connectivity index is 0. The Morgan fingerprint density at radius 1 is 0.595 bits per heavy atom. The number of carboxylic acid groups (broad SMARTS) is 1. The van der Waals surface area contributed by atoms with E-state index in [1.807, 2.05) is 0 Å². The van der Waals surface area contributed by atoms with E-state index in [0.717, 1.165) is 30.6 Å². The van der Waals surface area contributed by atoms with Crippen LogP contribution >= 0.6 is 0 Å². The number of hydrogen-bond donors (Lipinski definition) is 1.